The highest BCUT2D eigenvalue weighted by atomic mass is 32.2. The van der Waals surface area contributed by atoms with Crippen LogP contribution < -0.4 is 9.64 Å². The van der Waals surface area contributed by atoms with E-state index in [-0.39, 0.29) is 17.8 Å². The summed E-state index contributed by atoms with van der Waals surface area (Å²) in [5, 5.41) is 9.40. The van der Waals surface area contributed by atoms with Crippen molar-refractivity contribution in [1.82, 2.24) is 9.29 Å². The number of pyridine rings is 1. The zero-order valence-corrected chi connectivity index (χ0v) is 18.9. The number of rotatable bonds is 5. The minimum absolute atomic E-state index is 0.144. The van der Waals surface area contributed by atoms with Crippen LogP contribution >= 0.6 is 0 Å². The van der Waals surface area contributed by atoms with Gasteiger partial charge >= 0.3 is 12.3 Å². The van der Waals surface area contributed by atoms with Gasteiger partial charge in [-0.05, 0) is 56.0 Å². The summed E-state index contributed by atoms with van der Waals surface area (Å²) >= 11 is 0. The summed E-state index contributed by atoms with van der Waals surface area (Å²) in [6, 6.07) is 7.92. The van der Waals surface area contributed by atoms with Crippen molar-refractivity contribution in [2.24, 2.45) is 5.92 Å². The van der Waals surface area contributed by atoms with E-state index in [1.807, 2.05) is 35.2 Å². The van der Waals surface area contributed by atoms with Gasteiger partial charge < -0.3 is 14.7 Å². The van der Waals surface area contributed by atoms with Crippen molar-refractivity contribution in [3.63, 3.8) is 0 Å². The second-order valence-corrected chi connectivity index (χ2v) is 9.81. The molecule has 1 aliphatic carbocycles. The summed E-state index contributed by atoms with van der Waals surface area (Å²) in [4.78, 5) is 18.2. The molecule has 0 bridgehead atoms. The molecule has 1 aromatic carbocycles. The number of alkyl halides is 3. The molecule has 33 heavy (non-hydrogen) atoms. The summed E-state index contributed by atoms with van der Waals surface area (Å²) in [5.74, 6) is -1.22. The van der Waals surface area contributed by atoms with E-state index in [9.17, 15) is 27.3 Å². The van der Waals surface area contributed by atoms with Crippen molar-refractivity contribution in [3.05, 3.63) is 47.7 Å². The van der Waals surface area contributed by atoms with Crippen molar-refractivity contribution in [3.8, 4) is 5.75 Å². The first-order chi connectivity index (χ1) is 15.5. The number of nitrogens with zero attached hydrogens (tertiary/aromatic N) is 3. The molecule has 4 unspecified atom stereocenters. The van der Waals surface area contributed by atoms with Crippen LogP contribution in [0.25, 0.3) is 0 Å². The first-order valence-corrected chi connectivity index (χ1v) is 11.6. The number of aromatic nitrogens is 1. The number of hydrogen-bond donors (Lipinski definition) is 1. The number of anilines is 1. The highest BCUT2D eigenvalue weighted by Crippen LogP contribution is 2.34. The average Bonchev–Trinajstić information content (AvgIpc) is 3.17. The molecule has 1 N–H and O–H groups in total. The number of aliphatic carboxylic acids is 1. The van der Waals surface area contributed by atoms with E-state index in [0.717, 1.165) is 17.3 Å². The quantitative estimate of drug-likeness (QED) is 0.702. The summed E-state index contributed by atoms with van der Waals surface area (Å²) in [6.45, 7) is 4.83. The Bertz CT molecular complexity index is 1050. The van der Waals surface area contributed by atoms with Gasteiger partial charge in [0.1, 0.15) is 22.6 Å². The Morgan fingerprint density at radius 1 is 1.15 bits per heavy atom. The fraction of sp³-hybridized carbons (Fsp3) is 0.455. The molecule has 11 heteroatoms. The van der Waals surface area contributed by atoms with E-state index in [2.05, 4.69) is 9.72 Å². The van der Waals surface area contributed by atoms with Crippen LogP contribution in [0.2, 0.25) is 0 Å². The van der Waals surface area contributed by atoms with Crippen LogP contribution in [0.3, 0.4) is 0 Å². The number of carboxylic acids is 1. The van der Waals surface area contributed by atoms with Gasteiger partial charge in [-0.25, -0.2) is 13.5 Å². The number of carboxylic acid groups (broad SMARTS) is 1. The Hall–Kier alpha value is -2.66. The molecule has 4 atom stereocenters. The van der Waals surface area contributed by atoms with Crippen molar-refractivity contribution in [2.45, 2.75) is 50.0 Å². The highest BCUT2D eigenvalue weighted by molar-refractivity contribution is 7.82. The van der Waals surface area contributed by atoms with Gasteiger partial charge in [-0.2, -0.15) is 0 Å². The van der Waals surface area contributed by atoms with Crippen LogP contribution in [0.5, 0.6) is 5.75 Å². The third-order valence-electron chi connectivity index (χ3n) is 5.99. The molecule has 1 saturated heterocycles. The fourth-order valence-corrected chi connectivity index (χ4v) is 6.28. The molecular weight excluding hydrogens is 459 g/mol. The first kappa shape index (κ1) is 23.5. The lowest BCUT2D eigenvalue weighted by Gasteiger charge is -2.43. The summed E-state index contributed by atoms with van der Waals surface area (Å²) < 4.78 is 56.5. The van der Waals surface area contributed by atoms with Crippen LogP contribution in [0, 0.1) is 5.92 Å². The number of fused-ring (bicyclic) bond motifs is 1. The third kappa shape index (κ3) is 4.98. The standard InChI is InChI=1S/C22H24F3N3O4S/c1-13-11-27(20-7-6-17(10-26-20)32-22(23,24)25)12-14(2)28(13)33(31)19-5-3-4-15-8-16(21(29)30)9-18(15)19/h3-7,10,13-14,16H,8-9,11-12H2,1-2H3,(H,29,30). The molecule has 178 valence electrons. The Kier molecular flexibility index (Phi) is 6.37. The maximum atomic E-state index is 13.6. The van der Waals surface area contributed by atoms with Gasteiger partial charge in [0.2, 0.25) is 0 Å². The molecule has 7 nitrogen and oxygen atoms in total. The predicted octanol–water partition coefficient (Wildman–Crippen LogP) is 3.40. The number of halogens is 3. The lowest BCUT2D eigenvalue weighted by molar-refractivity contribution is -0.274. The van der Waals surface area contributed by atoms with Crippen molar-refractivity contribution in [2.75, 3.05) is 18.0 Å². The molecule has 2 aromatic rings. The van der Waals surface area contributed by atoms with Crippen LogP contribution in [-0.2, 0) is 28.6 Å². The van der Waals surface area contributed by atoms with E-state index in [1.165, 1.54) is 12.1 Å². The highest BCUT2D eigenvalue weighted by Gasteiger charge is 2.37. The molecule has 0 spiro atoms. The van der Waals surface area contributed by atoms with E-state index >= 15 is 0 Å². The number of carbonyl (C=O) groups is 1. The summed E-state index contributed by atoms with van der Waals surface area (Å²) in [7, 11) is -1.48. The third-order valence-corrected chi connectivity index (χ3v) is 7.85. The molecule has 4 rings (SSSR count). The van der Waals surface area contributed by atoms with Gasteiger partial charge in [0.25, 0.3) is 0 Å². The van der Waals surface area contributed by atoms with Crippen LogP contribution in [-0.4, -0.2) is 56.1 Å². The number of hydrogen-bond acceptors (Lipinski definition) is 5. The van der Waals surface area contributed by atoms with Crippen LogP contribution in [0.4, 0.5) is 19.0 Å². The van der Waals surface area contributed by atoms with Crippen molar-refractivity contribution in [1.29, 1.82) is 0 Å². The lowest BCUT2D eigenvalue weighted by atomic mass is 10.1. The predicted molar refractivity (Wildman–Crippen MR) is 115 cm³/mol. The van der Waals surface area contributed by atoms with Gasteiger partial charge in [-0.3, -0.25) is 4.79 Å². The zero-order valence-electron chi connectivity index (χ0n) is 18.1. The maximum absolute atomic E-state index is 13.6. The van der Waals surface area contributed by atoms with Crippen LogP contribution in [0.1, 0.15) is 25.0 Å². The molecule has 2 heterocycles. The molecular formula is C22H24F3N3O4S. The molecule has 0 radical (unpaired) electrons. The van der Waals surface area contributed by atoms with Gasteiger partial charge in [0, 0.05) is 25.2 Å². The van der Waals surface area contributed by atoms with Gasteiger partial charge in [0.05, 0.1) is 17.0 Å². The second kappa shape index (κ2) is 8.94. The molecule has 1 aliphatic heterocycles. The minimum atomic E-state index is -4.77. The molecule has 1 fully saturated rings. The van der Waals surface area contributed by atoms with Crippen molar-refractivity contribution < 1.29 is 32.0 Å². The van der Waals surface area contributed by atoms with Gasteiger partial charge in [0.15, 0.2) is 0 Å². The number of piperazine rings is 1. The monoisotopic (exact) mass is 483 g/mol. The fourth-order valence-electron chi connectivity index (χ4n) is 4.65. The molecule has 0 amide bonds. The summed E-state index contributed by atoms with van der Waals surface area (Å²) in [5.41, 5.74) is 1.78. The van der Waals surface area contributed by atoms with E-state index in [4.69, 9.17) is 0 Å². The topological polar surface area (TPSA) is 83.0 Å². The molecule has 0 saturated carbocycles. The van der Waals surface area contributed by atoms with E-state index in [0.29, 0.717) is 36.6 Å². The summed E-state index contributed by atoms with van der Waals surface area (Å²) in [6.07, 6.45) is -2.93. The first-order valence-electron chi connectivity index (χ1n) is 10.5. The largest absolute Gasteiger partial charge is 0.573 e. The lowest BCUT2D eigenvalue weighted by Crippen LogP contribution is -2.57. The molecule has 2 aliphatic rings. The van der Waals surface area contributed by atoms with Crippen LogP contribution in [0.15, 0.2) is 41.4 Å². The minimum Gasteiger partial charge on any atom is -0.481 e. The zero-order chi connectivity index (χ0) is 23.9. The van der Waals surface area contributed by atoms with Gasteiger partial charge in [-0.15, -0.1) is 13.2 Å². The second-order valence-electron chi connectivity index (χ2n) is 8.45. The maximum Gasteiger partial charge on any atom is 0.573 e. The van der Waals surface area contributed by atoms with Crippen molar-refractivity contribution >= 4 is 22.8 Å². The van der Waals surface area contributed by atoms with E-state index < -0.39 is 29.2 Å². The van der Waals surface area contributed by atoms with E-state index in [1.54, 1.807) is 6.07 Å². The Morgan fingerprint density at radius 3 is 2.42 bits per heavy atom. The molecule has 1 aromatic heterocycles. The number of benzene rings is 1. The van der Waals surface area contributed by atoms with Gasteiger partial charge in [-0.1, -0.05) is 12.1 Å². The Balaban J connectivity index is 1.49. The Labute approximate surface area is 191 Å². The number of ether oxygens (including phenoxy) is 1. The Morgan fingerprint density at radius 2 is 1.85 bits per heavy atom. The smallest absolute Gasteiger partial charge is 0.481 e. The average molecular weight is 484 g/mol. The normalized spacial score (nSPS) is 24.4. The SMILES string of the molecule is CC1CN(c2ccc(OC(F)(F)F)cn2)CC(C)N1S(=O)c1cccc2c1CC(C(=O)O)C2.